The molecule has 3 aliphatic rings. The highest BCUT2D eigenvalue weighted by atomic mass is 16.2. The van der Waals surface area contributed by atoms with Gasteiger partial charge < -0.3 is 31.1 Å². The van der Waals surface area contributed by atoms with Gasteiger partial charge in [-0.1, -0.05) is 25.5 Å². The van der Waals surface area contributed by atoms with Crippen molar-refractivity contribution in [2.45, 2.75) is 82.3 Å². The zero-order valence-electron chi connectivity index (χ0n) is 24.3. The lowest BCUT2D eigenvalue weighted by atomic mass is 9.73. The molecule has 2 aliphatic heterocycles. The van der Waals surface area contributed by atoms with E-state index in [0.29, 0.717) is 11.6 Å². The van der Waals surface area contributed by atoms with Crippen LogP contribution in [0.5, 0.6) is 0 Å². The third-order valence-corrected chi connectivity index (χ3v) is 9.60. The van der Waals surface area contributed by atoms with Gasteiger partial charge in [-0.3, -0.25) is 4.79 Å². The van der Waals surface area contributed by atoms with Gasteiger partial charge in [0.25, 0.3) is 5.91 Å². The SMILES string of the molecule is CNC(=O)N(C)[C@@H]1CCCN(c2cnc(C(N)=O)c(Nc3ccc(C4(C)CCN(C5CCC5)CC4)cc3)n2)[C@@H]1C. The highest BCUT2D eigenvalue weighted by Crippen LogP contribution is 2.38. The predicted octanol–water partition coefficient (Wildman–Crippen LogP) is 3.85. The Morgan fingerprint density at radius 3 is 2.38 bits per heavy atom. The molecule has 1 saturated carbocycles. The van der Waals surface area contributed by atoms with Crippen LogP contribution in [0.2, 0.25) is 0 Å². The van der Waals surface area contributed by atoms with E-state index in [2.05, 4.69) is 63.5 Å². The minimum absolute atomic E-state index is 0.0216. The van der Waals surface area contributed by atoms with Crippen molar-refractivity contribution in [1.82, 2.24) is 25.1 Å². The summed E-state index contributed by atoms with van der Waals surface area (Å²) in [7, 11) is 3.46. The van der Waals surface area contributed by atoms with Crippen LogP contribution in [0, 0.1) is 0 Å². The van der Waals surface area contributed by atoms with Crippen molar-refractivity contribution in [3.63, 3.8) is 0 Å². The molecule has 2 aromatic rings. The van der Waals surface area contributed by atoms with E-state index < -0.39 is 5.91 Å². The Kier molecular flexibility index (Phi) is 8.16. The number of aromatic nitrogens is 2. The summed E-state index contributed by atoms with van der Waals surface area (Å²) in [5.74, 6) is 0.358. The Bertz CT molecular complexity index is 1210. The van der Waals surface area contributed by atoms with Gasteiger partial charge >= 0.3 is 6.03 Å². The molecule has 1 aromatic heterocycles. The lowest BCUT2D eigenvalue weighted by Gasteiger charge is -2.45. The average molecular weight is 549 g/mol. The molecule has 3 amide bonds. The molecule has 0 bridgehead atoms. The minimum atomic E-state index is -0.632. The molecule has 0 spiro atoms. The first-order valence-corrected chi connectivity index (χ1v) is 14.7. The van der Waals surface area contributed by atoms with E-state index in [9.17, 15) is 9.59 Å². The Morgan fingerprint density at radius 1 is 1.07 bits per heavy atom. The zero-order chi connectivity index (χ0) is 28.4. The monoisotopic (exact) mass is 548 g/mol. The normalized spacial score (nSPS) is 23.2. The Hall–Kier alpha value is -3.40. The van der Waals surface area contributed by atoms with E-state index >= 15 is 0 Å². The van der Waals surface area contributed by atoms with E-state index in [1.54, 1.807) is 18.1 Å². The molecule has 216 valence electrons. The molecule has 5 rings (SSSR count). The van der Waals surface area contributed by atoms with E-state index in [0.717, 1.165) is 31.1 Å². The van der Waals surface area contributed by atoms with Crippen molar-refractivity contribution in [2.75, 3.05) is 43.9 Å². The molecule has 3 heterocycles. The molecule has 1 aliphatic carbocycles. The van der Waals surface area contributed by atoms with E-state index in [-0.39, 0.29) is 29.2 Å². The van der Waals surface area contributed by atoms with Gasteiger partial charge in [-0.2, -0.15) is 0 Å². The third kappa shape index (κ3) is 5.59. The number of primary amides is 1. The van der Waals surface area contributed by atoms with Crippen LogP contribution in [0.25, 0.3) is 0 Å². The summed E-state index contributed by atoms with van der Waals surface area (Å²) >= 11 is 0. The highest BCUT2D eigenvalue weighted by molar-refractivity contribution is 5.96. The van der Waals surface area contributed by atoms with E-state index in [4.69, 9.17) is 10.7 Å². The number of anilines is 3. The number of nitrogens with one attached hydrogen (secondary N) is 2. The van der Waals surface area contributed by atoms with Crippen LogP contribution in [0.15, 0.2) is 30.5 Å². The smallest absolute Gasteiger partial charge is 0.317 e. The number of likely N-dealkylation sites (tertiary alicyclic amines) is 1. The number of hydrogen-bond acceptors (Lipinski definition) is 7. The predicted molar refractivity (Wildman–Crippen MR) is 158 cm³/mol. The molecule has 1 aromatic carbocycles. The zero-order valence-corrected chi connectivity index (χ0v) is 24.3. The van der Waals surface area contributed by atoms with Crippen molar-refractivity contribution in [2.24, 2.45) is 5.73 Å². The molecular weight excluding hydrogens is 504 g/mol. The van der Waals surface area contributed by atoms with Crippen molar-refractivity contribution in [1.29, 1.82) is 0 Å². The number of carbonyl (C=O) groups excluding carboxylic acids is 2. The van der Waals surface area contributed by atoms with Crippen LogP contribution in [0.4, 0.5) is 22.1 Å². The number of piperidine rings is 2. The maximum Gasteiger partial charge on any atom is 0.317 e. The van der Waals surface area contributed by atoms with Crippen LogP contribution in [0.3, 0.4) is 0 Å². The van der Waals surface area contributed by atoms with Crippen LogP contribution in [-0.2, 0) is 5.41 Å². The maximum absolute atomic E-state index is 12.3. The number of likely N-dealkylation sites (N-methyl/N-ethyl adjacent to an activating group) is 1. The topological polar surface area (TPSA) is 120 Å². The number of rotatable bonds is 7. The largest absolute Gasteiger partial charge is 0.364 e. The third-order valence-electron chi connectivity index (χ3n) is 9.60. The van der Waals surface area contributed by atoms with Crippen molar-refractivity contribution >= 4 is 29.3 Å². The summed E-state index contributed by atoms with van der Waals surface area (Å²) in [5, 5.41) is 6.01. The van der Waals surface area contributed by atoms with Crippen LogP contribution in [-0.4, -0.2) is 83.6 Å². The molecule has 3 fully saturated rings. The number of urea groups is 1. The molecular formula is C30H44N8O2. The number of hydrogen-bond donors (Lipinski definition) is 3. The standard InChI is InChI=1S/C30H44N8O2/c1-20-24(36(4)29(40)32-3)9-6-16-38(20)25-19-33-26(27(31)39)28(35-25)34-22-12-10-21(11-13-22)30(2)14-17-37(18-15-30)23-7-5-8-23/h10-13,19-20,23-24H,5-9,14-18H2,1-4H3,(H2,31,39)(H,32,40)(H,34,35)/t20-,24-/m1/s1. The fourth-order valence-corrected chi connectivity index (χ4v) is 6.59. The number of carbonyl (C=O) groups is 2. The summed E-state index contributed by atoms with van der Waals surface area (Å²) in [6.07, 6.45) is 9.85. The second-order valence-corrected chi connectivity index (χ2v) is 12.0. The Morgan fingerprint density at radius 2 is 1.77 bits per heavy atom. The summed E-state index contributed by atoms with van der Waals surface area (Å²) in [6.45, 7) is 7.59. The summed E-state index contributed by atoms with van der Waals surface area (Å²) in [4.78, 5) is 40.3. The number of amides is 3. The first kappa shape index (κ1) is 28.1. The first-order valence-electron chi connectivity index (χ1n) is 14.7. The Balaban J connectivity index is 1.31. The van der Waals surface area contributed by atoms with Crippen molar-refractivity contribution < 1.29 is 9.59 Å². The number of benzene rings is 1. The fraction of sp³-hybridized carbons (Fsp3) is 0.600. The van der Waals surface area contributed by atoms with Gasteiger partial charge in [0.05, 0.1) is 12.2 Å². The van der Waals surface area contributed by atoms with Gasteiger partial charge in [-0.05, 0) is 81.6 Å². The van der Waals surface area contributed by atoms with Gasteiger partial charge in [-0.15, -0.1) is 0 Å². The second kappa shape index (κ2) is 11.6. The summed E-state index contributed by atoms with van der Waals surface area (Å²) < 4.78 is 0. The molecule has 0 radical (unpaired) electrons. The van der Waals surface area contributed by atoms with Gasteiger partial charge in [0.2, 0.25) is 0 Å². The molecule has 40 heavy (non-hydrogen) atoms. The van der Waals surface area contributed by atoms with Crippen molar-refractivity contribution in [3.05, 3.63) is 41.7 Å². The average Bonchev–Trinajstić information content (AvgIpc) is 2.93. The Labute approximate surface area is 237 Å². The lowest BCUT2D eigenvalue weighted by molar-refractivity contribution is 0.0773. The maximum atomic E-state index is 12.3. The van der Waals surface area contributed by atoms with E-state index in [1.165, 1.54) is 50.8 Å². The number of nitrogens with zero attached hydrogens (tertiary/aromatic N) is 5. The van der Waals surface area contributed by atoms with Gasteiger partial charge in [-0.25, -0.2) is 14.8 Å². The summed E-state index contributed by atoms with van der Waals surface area (Å²) in [6, 6.07) is 9.22. The molecule has 0 unspecified atom stereocenters. The first-order chi connectivity index (χ1) is 19.2. The molecule has 10 heteroatoms. The fourth-order valence-electron chi connectivity index (χ4n) is 6.59. The quantitative estimate of drug-likeness (QED) is 0.481. The van der Waals surface area contributed by atoms with Crippen molar-refractivity contribution in [3.8, 4) is 0 Å². The molecule has 2 saturated heterocycles. The highest BCUT2D eigenvalue weighted by Gasteiger charge is 2.36. The molecule has 4 N–H and O–H groups in total. The van der Waals surface area contributed by atoms with E-state index in [1.807, 2.05) is 7.05 Å². The van der Waals surface area contributed by atoms with Crippen LogP contribution >= 0.6 is 0 Å². The second-order valence-electron chi connectivity index (χ2n) is 12.0. The molecule has 2 atom stereocenters. The minimum Gasteiger partial charge on any atom is -0.364 e. The van der Waals surface area contributed by atoms with Gasteiger partial charge in [0.15, 0.2) is 11.5 Å². The number of nitrogens with two attached hydrogens (primary N) is 1. The summed E-state index contributed by atoms with van der Waals surface area (Å²) in [5.41, 5.74) is 8.11. The lowest BCUT2D eigenvalue weighted by Crippen LogP contribution is -2.56. The molecule has 10 nitrogen and oxygen atoms in total. The van der Waals surface area contributed by atoms with Crippen LogP contribution in [0.1, 0.15) is 74.8 Å². The van der Waals surface area contributed by atoms with Gasteiger partial charge in [0, 0.05) is 38.4 Å². The van der Waals surface area contributed by atoms with Gasteiger partial charge in [0.1, 0.15) is 5.82 Å². The van der Waals surface area contributed by atoms with Crippen LogP contribution < -0.4 is 21.3 Å².